The molecule has 2 aliphatic rings. The summed E-state index contributed by atoms with van der Waals surface area (Å²) in [5.41, 5.74) is 2.83. The molecule has 6 rings (SSSR count). The number of halogens is 1. The summed E-state index contributed by atoms with van der Waals surface area (Å²) in [5, 5.41) is 18.5. The lowest BCUT2D eigenvalue weighted by Crippen LogP contribution is -2.39. The van der Waals surface area contributed by atoms with Crippen LogP contribution in [0.2, 0.25) is 0 Å². The Labute approximate surface area is 261 Å². The lowest BCUT2D eigenvalue weighted by molar-refractivity contribution is 0.0697. The Morgan fingerprint density at radius 1 is 1.09 bits per heavy atom. The van der Waals surface area contributed by atoms with Gasteiger partial charge in [-0.25, -0.2) is 19.2 Å². The van der Waals surface area contributed by atoms with Crippen LogP contribution in [0.15, 0.2) is 54.6 Å². The number of likely N-dealkylation sites (tertiary alicyclic amines) is 2. The van der Waals surface area contributed by atoms with Gasteiger partial charge in [0.1, 0.15) is 18.5 Å². The highest BCUT2D eigenvalue weighted by Crippen LogP contribution is 2.26. The van der Waals surface area contributed by atoms with Gasteiger partial charge >= 0.3 is 5.97 Å². The predicted molar refractivity (Wildman–Crippen MR) is 166 cm³/mol. The van der Waals surface area contributed by atoms with Crippen molar-refractivity contribution in [1.82, 2.24) is 24.3 Å². The zero-order valence-electron chi connectivity index (χ0n) is 25.4. The highest BCUT2D eigenvalue weighted by atomic mass is 19.1. The molecule has 1 atom stereocenters. The van der Waals surface area contributed by atoms with Crippen molar-refractivity contribution in [3.8, 4) is 17.7 Å². The van der Waals surface area contributed by atoms with E-state index in [1.165, 1.54) is 18.6 Å². The standard InChI is InChI=1S/C34H37FN6O4/c1-2-40-14-4-6-26(40)20-41-30-18-24(34(42)43)9-10-29(30)38-32(41)21-39-15-12-27(13-16-39)45-33-7-3-5-25(37-33)22-44-31-11-8-23(19-36)17-28(31)35/h3,5,7-11,17-18,26-27H,2,4,6,12-16,20-22H2,1H3,(H,42,43)/t26-/m0/s1. The van der Waals surface area contributed by atoms with Crippen molar-refractivity contribution in [1.29, 1.82) is 5.26 Å². The third-order valence-electron chi connectivity index (χ3n) is 8.78. The number of imidazole rings is 1. The van der Waals surface area contributed by atoms with E-state index in [4.69, 9.17) is 19.7 Å². The summed E-state index contributed by atoms with van der Waals surface area (Å²) in [5.74, 6) is 0.00877. The maximum absolute atomic E-state index is 14.2. The molecule has 0 radical (unpaired) electrons. The molecule has 11 heteroatoms. The van der Waals surface area contributed by atoms with Gasteiger partial charge in [-0.3, -0.25) is 9.80 Å². The van der Waals surface area contributed by atoms with Crippen molar-refractivity contribution in [2.24, 2.45) is 0 Å². The fourth-order valence-electron chi connectivity index (χ4n) is 6.36. The number of aromatic nitrogens is 3. The number of nitriles is 1. The highest BCUT2D eigenvalue weighted by Gasteiger charge is 2.27. The van der Waals surface area contributed by atoms with Crippen molar-refractivity contribution in [3.05, 3.63) is 83.1 Å². The number of hydrogen-bond acceptors (Lipinski definition) is 8. The summed E-state index contributed by atoms with van der Waals surface area (Å²) in [6.07, 6.45) is 3.97. The van der Waals surface area contributed by atoms with Crippen molar-refractivity contribution in [2.75, 3.05) is 26.2 Å². The summed E-state index contributed by atoms with van der Waals surface area (Å²) >= 11 is 0. The zero-order valence-corrected chi connectivity index (χ0v) is 25.4. The molecule has 0 amide bonds. The Balaban J connectivity index is 1.08. The van der Waals surface area contributed by atoms with Gasteiger partial charge < -0.3 is 19.1 Å². The number of hydrogen-bond donors (Lipinski definition) is 1. The number of aromatic carboxylic acids is 1. The summed E-state index contributed by atoms with van der Waals surface area (Å²) in [6, 6.07) is 17.1. The van der Waals surface area contributed by atoms with Gasteiger partial charge in [-0.1, -0.05) is 13.0 Å². The molecule has 10 nitrogen and oxygen atoms in total. The van der Waals surface area contributed by atoms with Gasteiger partial charge in [0.2, 0.25) is 5.88 Å². The topological polar surface area (TPSA) is 117 Å². The normalized spacial score (nSPS) is 17.8. The van der Waals surface area contributed by atoms with Crippen molar-refractivity contribution < 1.29 is 23.8 Å². The highest BCUT2D eigenvalue weighted by molar-refractivity contribution is 5.92. The molecular formula is C34H37FN6O4. The molecule has 0 aliphatic carbocycles. The fourth-order valence-corrected chi connectivity index (χ4v) is 6.36. The van der Waals surface area contributed by atoms with Crippen LogP contribution in [0.5, 0.6) is 11.6 Å². The van der Waals surface area contributed by atoms with Gasteiger partial charge in [0, 0.05) is 31.7 Å². The molecule has 2 aromatic carbocycles. The maximum atomic E-state index is 14.2. The third-order valence-corrected chi connectivity index (χ3v) is 8.78. The number of fused-ring (bicyclic) bond motifs is 1. The lowest BCUT2D eigenvalue weighted by Gasteiger charge is -2.32. The summed E-state index contributed by atoms with van der Waals surface area (Å²) < 4.78 is 28.3. The molecule has 45 heavy (non-hydrogen) atoms. The van der Waals surface area contributed by atoms with Crippen LogP contribution in [-0.2, 0) is 19.7 Å². The maximum Gasteiger partial charge on any atom is 0.335 e. The van der Waals surface area contributed by atoms with E-state index < -0.39 is 11.8 Å². The molecule has 2 fully saturated rings. The van der Waals surface area contributed by atoms with Crippen molar-refractivity contribution in [3.63, 3.8) is 0 Å². The van der Waals surface area contributed by atoms with Gasteiger partial charge in [-0.2, -0.15) is 5.26 Å². The summed E-state index contributed by atoms with van der Waals surface area (Å²) in [7, 11) is 0. The number of carboxylic acids is 1. The number of ether oxygens (including phenoxy) is 2. The van der Waals surface area contributed by atoms with Gasteiger partial charge in [0.15, 0.2) is 11.6 Å². The molecule has 234 valence electrons. The number of nitrogens with zero attached hydrogens (tertiary/aromatic N) is 6. The van der Waals surface area contributed by atoms with E-state index in [1.54, 1.807) is 18.2 Å². The molecule has 4 heterocycles. The molecule has 4 aromatic rings. The second-order valence-electron chi connectivity index (χ2n) is 11.7. The molecule has 0 unspecified atom stereocenters. The van der Waals surface area contributed by atoms with Crippen molar-refractivity contribution >= 4 is 17.0 Å². The Kier molecular flexibility index (Phi) is 9.23. The SMILES string of the molecule is CCN1CCC[C@H]1Cn1c(CN2CCC(Oc3cccc(COc4ccc(C#N)cc4F)n3)CC2)nc2ccc(C(=O)O)cc21. The first-order chi connectivity index (χ1) is 21.9. The van der Waals surface area contributed by atoms with Crippen molar-refractivity contribution in [2.45, 2.75) is 64.4 Å². The van der Waals surface area contributed by atoms with Gasteiger partial charge in [-0.05, 0) is 81.2 Å². The Morgan fingerprint density at radius 2 is 1.93 bits per heavy atom. The van der Waals surface area contributed by atoms with Crippen LogP contribution in [0, 0.1) is 17.1 Å². The number of pyridine rings is 1. The van der Waals surface area contributed by atoms with Crippen LogP contribution in [0.3, 0.4) is 0 Å². The van der Waals surface area contributed by atoms with E-state index in [0.717, 1.165) is 74.9 Å². The largest absolute Gasteiger partial charge is 0.484 e. The molecule has 1 N–H and O–H groups in total. The van der Waals surface area contributed by atoms with E-state index in [1.807, 2.05) is 24.3 Å². The second-order valence-corrected chi connectivity index (χ2v) is 11.7. The summed E-state index contributed by atoms with van der Waals surface area (Å²) in [6.45, 7) is 7.51. The van der Waals surface area contributed by atoms with E-state index in [0.29, 0.717) is 24.2 Å². The quantitative estimate of drug-likeness (QED) is 0.243. The molecule has 0 bridgehead atoms. The summed E-state index contributed by atoms with van der Waals surface area (Å²) in [4.78, 5) is 26.1. The Morgan fingerprint density at radius 3 is 2.69 bits per heavy atom. The first kappa shape index (κ1) is 30.5. The van der Waals surface area contributed by atoms with Crippen LogP contribution < -0.4 is 9.47 Å². The zero-order chi connectivity index (χ0) is 31.3. The molecule has 2 saturated heterocycles. The van der Waals surface area contributed by atoms with E-state index in [-0.39, 0.29) is 29.6 Å². The second kappa shape index (κ2) is 13.6. The first-order valence-electron chi connectivity index (χ1n) is 15.5. The average molecular weight is 613 g/mol. The molecule has 0 saturated carbocycles. The Hall–Kier alpha value is -4.53. The molecular weight excluding hydrogens is 575 g/mol. The molecule has 2 aliphatic heterocycles. The average Bonchev–Trinajstić information content (AvgIpc) is 3.65. The molecule has 2 aromatic heterocycles. The Bertz CT molecular complexity index is 1710. The van der Waals surface area contributed by atoms with Gasteiger partial charge in [-0.15, -0.1) is 0 Å². The molecule has 0 spiro atoms. The van der Waals surface area contributed by atoms with E-state index in [9.17, 15) is 14.3 Å². The van der Waals surface area contributed by atoms with Crippen LogP contribution in [0.4, 0.5) is 4.39 Å². The van der Waals surface area contributed by atoms with E-state index >= 15 is 0 Å². The van der Waals surface area contributed by atoms with Gasteiger partial charge in [0.25, 0.3) is 0 Å². The number of carboxylic acid groups (broad SMARTS) is 1. The fraction of sp³-hybridized carbons (Fsp3) is 0.412. The monoisotopic (exact) mass is 612 g/mol. The minimum atomic E-state index is -0.933. The van der Waals surface area contributed by atoms with Crippen LogP contribution in [0.1, 0.15) is 60.0 Å². The number of rotatable bonds is 11. The minimum Gasteiger partial charge on any atom is -0.484 e. The van der Waals surface area contributed by atoms with Crippen LogP contribution >= 0.6 is 0 Å². The smallest absolute Gasteiger partial charge is 0.335 e. The van der Waals surface area contributed by atoms with Crippen LogP contribution in [-0.4, -0.2) is 73.7 Å². The number of piperidine rings is 1. The predicted octanol–water partition coefficient (Wildman–Crippen LogP) is 5.25. The van der Waals surface area contributed by atoms with E-state index in [2.05, 4.69) is 26.3 Å². The number of likely N-dealkylation sites (N-methyl/N-ethyl adjacent to an activating group) is 1. The minimum absolute atomic E-state index is 0.00873. The number of benzene rings is 2. The first-order valence-corrected chi connectivity index (χ1v) is 15.5. The lowest BCUT2D eigenvalue weighted by atomic mass is 10.1. The third kappa shape index (κ3) is 7.08. The number of carbonyl (C=O) groups is 1. The van der Waals surface area contributed by atoms with Gasteiger partial charge in [0.05, 0.1) is 40.5 Å². The van der Waals surface area contributed by atoms with Crippen LogP contribution in [0.25, 0.3) is 11.0 Å².